The summed E-state index contributed by atoms with van der Waals surface area (Å²) < 4.78 is 5.26. The number of carbonyl (C=O) groups excluding carboxylic acids is 1. The first-order chi connectivity index (χ1) is 8.86. The van der Waals surface area contributed by atoms with Gasteiger partial charge in [0.05, 0.1) is 16.8 Å². The van der Waals surface area contributed by atoms with E-state index in [1.807, 2.05) is 13.8 Å². The van der Waals surface area contributed by atoms with E-state index in [-0.39, 0.29) is 18.1 Å². The highest BCUT2D eigenvalue weighted by atomic mass is 35.5. The summed E-state index contributed by atoms with van der Waals surface area (Å²) in [6.45, 7) is 3.98. The number of anilines is 1. The Morgan fingerprint density at radius 3 is 2.53 bits per heavy atom. The molecular weight excluding hydrogens is 264 g/mol. The van der Waals surface area contributed by atoms with E-state index in [1.54, 1.807) is 39.4 Å². The second-order valence-corrected chi connectivity index (χ2v) is 5.18. The van der Waals surface area contributed by atoms with Crippen molar-refractivity contribution in [2.24, 2.45) is 0 Å². The van der Waals surface area contributed by atoms with E-state index < -0.39 is 0 Å². The Bertz CT molecular complexity index is 449. The fourth-order valence-electron chi connectivity index (χ4n) is 1.59. The van der Waals surface area contributed by atoms with Crippen LogP contribution in [0.25, 0.3) is 0 Å². The van der Waals surface area contributed by atoms with Gasteiger partial charge in [0.25, 0.3) is 5.91 Å². The zero-order chi connectivity index (χ0) is 14.6. The molecule has 1 aromatic carbocycles. The molecule has 5 heteroatoms. The second kappa shape index (κ2) is 6.78. The third-order valence-electron chi connectivity index (χ3n) is 3.08. The van der Waals surface area contributed by atoms with Gasteiger partial charge in [-0.15, -0.1) is 0 Å². The first-order valence-corrected chi connectivity index (χ1v) is 6.55. The van der Waals surface area contributed by atoms with Gasteiger partial charge in [-0.2, -0.15) is 0 Å². The summed E-state index contributed by atoms with van der Waals surface area (Å²) in [5.41, 5.74) is 1.35. The van der Waals surface area contributed by atoms with Crippen LogP contribution in [0.15, 0.2) is 18.2 Å². The number of methoxy groups -OCH3 is 1. The van der Waals surface area contributed by atoms with Crippen LogP contribution in [0.1, 0.15) is 24.2 Å². The lowest BCUT2D eigenvalue weighted by Gasteiger charge is -2.22. The third-order valence-corrected chi connectivity index (χ3v) is 3.41. The zero-order valence-electron chi connectivity index (χ0n) is 12.0. The first kappa shape index (κ1) is 15.8. The first-order valence-electron chi connectivity index (χ1n) is 6.17. The molecule has 0 bridgehead atoms. The maximum atomic E-state index is 11.9. The average Bonchev–Trinajstić information content (AvgIpc) is 2.39. The number of rotatable bonds is 5. The van der Waals surface area contributed by atoms with Gasteiger partial charge >= 0.3 is 0 Å². The summed E-state index contributed by atoms with van der Waals surface area (Å²) >= 11 is 6.14. The smallest absolute Gasteiger partial charge is 0.253 e. The molecule has 0 aliphatic rings. The van der Waals surface area contributed by atoms with Gasteiger partial charge in [-0.05, 0) is 32.0 Å². The van der Waals surface area contributed by atoms with E-state index in [4.69, 9.17) is 16.3 Å². The number of hydrogen-bond donors (Lipinski definition) is 1. The molecule has 0 saturated carbocycles. The van der Waals surface area contributed by atoms with Crippen LogP contribution in [0.3, 0.4) is 0 Å². The molecule has 0 aliphatic heterocycles. The topological polar surface area (TPSA) is 41.6 Å². The molecule has 106 valence electrons. The van der Waals surface area contributed by atoms with Gasteiger partial charge in [-0.25, -0.2) is 0 Å². The lowest BCUT2D eigenvalue weighted by Crippen LogP contribution is -2.30. The highest BCUT2D eigenvalue weighted by Crippen LogP contribution is 2.25. The van der Waals surface area contributed by atoms with Crippen molar-refractivity contribution in [3.63, 3.8) is 0 Å². The highest BCUT2D eigenvalue weighted by molar-refractivity contribution is 6.33. The predicted molar refractivity (Wildman–Crippen MR) is 79.0 cm³/mol. The van der Waals surface area contributed by atoms with Gasteiger partial charge < -0.3 is 15.0 Å². The summed E-state index contributed by atoms with van der Waals surface area (Å²) in [5.74, 6) is -0.0489. The zero-order valence-corrected chi connectivity index (χ0v) is 12.8. The maximum absolute atomic E-state index is 11.9. The molecule has 1 aromatic rings. The minimum absolute atomic E-state index is 0.0456. The van der Waals surface area contributed by atoms with Gasteiger partial charge in [-0.3, -0.25) is 4.79 Å². The molecule has 2 atom stereocenters. The van der Waals surface area contributed by atoms with Crippen LogP contribution in [0.5, 0.6) is 0 Å². The van der Waals surface area contributed by atoms with E-state index in [0.717, 1.165) is 5.69 Å². The summed E-state index contributed by atoms with van der Waals surface area (Å²) in [5, 5.41) is 3.86. The molecule has 0 fully saturated rings. The van der Waals surface area contributed by atoms with E-state index >= 15 is 0 Å². The molecule has 0 spiro atoms. The Morgan fingerprint density at radius 2 is 2.00 bits per heavy atom. The van der Waals surface area contributed by atoms with Crippen molar-refractivity contribution in [1.29, 1.82) is 0 Å². The third kappa shape index (κ3) is 4.11. The van der Waals surface area contributed by atoms with Crippen LogP contribution in [-0.2, 0) is 4.74 Å². The summed E-state index contributed by atoms with van der Waals surface area (Å²) in [7, 11) is 5.11. The average molecular weight is 285 g/mol. The van der Waals surface area contributed by atoms with Gasteiger partial charge in [-0.1, -0.05) is 11.6 Å². The SMILES string of the molecule is COC(C)C(C)Nc1cc(C(=O)N(C)C)ccc1Cl. The molecule has 0 aromatic heterocycles. The highest BCUT2D eigenvalue weighted by Gasteiger charge is 2.15. The quantitative estimate of drug-likeness (QED) is 0.904. The second-order valence-electron chi connectivity index (χ2n) is 4.77. The summed E-state index contributed by atoms with van der Waals surface area (Å²) in [6.07, 6.45) is 0.0456. The van der Waals surface area contributed by atoms with Crippen molar-refractivity contribution in [3.8, 4) is 0 Å². The van der Waals surface area contributed by atoms with E-state index in [0.29, 0.717) is 10.6 Å². The van der Waals surface area contributed by atoms with Crippen molar-refractivity contribution in [3.05, 3.63) is 28.8 Å². The molecule has 1 rings (SSSR count). The molecular formula is C14H21ClN2O2. The lowest BCUT2D eigenvalue weighted by atomic mass is 10.1. The number of carbonyl (C=O) groups is 1. The molecule has 19 heavy (non-hydrogen) atoms. The van der Waals surface area contributed by atoms with Crippen LogP contribution < -0.4 is 5.32 Å². The largest absolute Gasteiger partial charge is 0.380 e. The molecule has 1 amide bonds. The number of ether oxygens (including phenoxy) is 1. The van der Waals surface area contributed by atoms with Gasteiger partial charge in [0, 0.05) is 32.8 Å². The Morgan fingerprint density at radius 1 is 1.37 bits per heavy atom. The monoisotopic (exact) mass is 284 g/mol. The number of nitrogens with zero attached hydrogens (tertiary/aromatic N) is 1. The Kier molecular flexibility index (Phi) is 5.63. The fourth-order valence-corrected chi connectivity index (χ4v) is 1.77. The standard InChI is InChI=1S/C14H21ClN2O2/c1-9(10(2)19-5)16-13-8-11(6-7-12(13)15)14(18)17(3)4/h6-10,16H,1-5H3. The molecule has 0 heterocycles. The number of hydrogen-bond acceptors (Lipinski definition) is 3. The van der Waals surface area contributed by atoms with E-state index in [9.17, 15) is 4.79 Å². The minimum Gasteiger partial charge on any atom is -0.380 e. The van der Waals surface area contributed by atoms with Gasteiger partial charge in [0.15, 0.2) is 0 Å². The summed E-state index contributed by atoms with van der Waals surface area (Å²) in [4.78, 5) is 13.5. The Labute approximate surface area is 119 Å². The number of benzene rings is 1. The van der Waals surface area contributed by atoms with Crippen LogP contribution in [0.4, 0.5) is 5.69 Å². The number of nitrogens with one attached hydrogen (secondary N) is 1. The van der Waals surface area contributed by atoms with Crippen LogP contribution >= 0.6 is 11.6 Å². The minimum atomic E-state index is -0.0489. The molecule has 4 nitrogen and oxygen atoms in total. The summed E-state index contributed by atoms with van der Waals surface area (Å²) in [6, 6.07) is 5.31. The van der Waals surface area contributed by atoms with Crippen molar-refractivity contribution in [2.75, 3.05) is 26.5 Å². The lowest BCUT2D eigenvalue weighted by molar-refractivity contribution is 0.0827. The molecule has 1 N–H and O–H groups in total. The van der Waals surface area contributed by atoms with Crippen molar-refractivity contribution in [1.82, 2.24) is 4.90 Å². The normalized spacial score (nSPS) is 13.8. The molecule has 2 unspecified atom stereocenters. The number of halogens is 1. The van der Waals surface area contributed by atoms with Crippen molar-refractivity contribution in [2.45, 2.75) is 26.0 Å². The van der Waals surface area contributed by atoms with Crippen LogP contribution in [0, 0.1) is 0 Å². The van der Waals surface area contributed by atoms with Crippen LogP contribution in [0.2, 0.25) is 5.02 Å². The molecule has 0 radical (unpaired) electrons. The van der Waals surface area contributed by atoms with Gasteiger partial charge in [0.2, 0.25) is 0 Å². The van der Waals surface area contributed by atoms with Crippen LogP contribution in [-0.4, -0.2) is 44.2 Å². The maximum Gasteiger partial charge on any atom is 0.253 e. The van der Waals surface area contributed by atoms with E-state index in [2.05, 4.69) is 5.32 Å². The van der Waals surface area contributed by atoms with Crippen molar-refractivity contribution >= 4 is 23.2 Å². The van der Waals surface area contributed by atoms with Crippen molar-refractivity contribution < 1.29 is 9.53 Å². The molecule has 0 aliphatic carbocycles. The number of amides is 1. The van der Waals surface area contributed by atoms with Gasteiger partial charge in [0.1, 0.15) is 0 Å². The Balaban J connectivity index is 2.95. The molecule has 0 saturated heterocycles. The predicted octanol–water partition coefficient (Wildman–Crippen LogP) is 2.88. The van der Waals surface area contributed by atoms with E-state index in [1.165, 1.54) is 4.90 Å². The fraction of sp³-hybridized carbons (Fsp3) is 0.500. The Hall–Kier alpha value is -1.26.